The maximum absolute atomic E-state index is 12.4. The Hall–Kier alpha value is -2.32. The standard InChI is InChI=1S/C24H29BrN4O2S/c1-15(2)20-8-6-7-9-21(20)31-17(5)23-27-28-24(29(23)16(3)4)32-14-22(30)26-19-12-10-18(25)11-13-19/h6-13,15-17H,14H2,1-5H3,(H,26,30). The van der Waals surface area contributed by atoms with Gasteiger partial charge in [-0.25, -0.2) is 0 Å². The average Bonchev–Trinajstić information content (AvgIpc) is 3.19. The predicted octanol–water partition coefficient (Wildman–Crippen LogP) is 6.62. The number of hydrogen-bond acceptors (Lipinski definition) is 5. The van der Waals surface area contributed by atoms with Gasteiger partial charge in [0.2, 0.25) is 5.91 Å². The van der Waals surface area contributed by atoms with Crippen LogP contribution in [0.2, 0.25) is 0 Å². The van der Waals surface area contributed by atoms with Crippen molar-refractivity contribution in [2.24, 2.45) is 0 Å². The quantitative estimate of drug-likeness (QED) is 0.323. The second-order valence-corrected chi connectivity index (χ2v) is 9.96. The van der Waals surface area contributed by atoms with Crippen molar-refractivity contribution in [1.82, 2.24) is 14.8 Å². The Morgan fingerprint density at radius 1 is 1.06 bits per heavy atom. The van der Waals surface area contributed by atoms with Crippen molar-refractivity contribution in [3.05, 3.63) is 64.4 Å². The summed E-state index contributed by atoms with van der Waals surface area (Å²) in [7, 11) is 0. The van der Waals surface area contributed by atoms with E-state index in [2.05, 4.69) is 65.2 Å². The number of nitrogens with one attached hydrogen (secondary N) is 1. The smallest absolute Gasteiger partial charge is 0.234 e. The van der Waals surface area contributed by atoms with E-state index in [4.69, 9.17) is 4.74 Å². The molecule has 0 aliphatic heterocycles. The largest absolute Gasteiger partial charge is 0.482 e. The van der Waals surface area contributed by atoms with Crippen LogP contribution in [0.5, 0.6) is 5.75 Å². The first-order valence-corrected chi connectivity index (χ1v) is 12.4. The summed E-state index contributed by atoms with van der Waals surface area (Å²) >= 11 is 4.77. The number of halogens is 1. The molecule has 1 aromatic heterocycles. The summed E-state index contributed by atoms with van der Waals surface area (Å²) < 4.78 is 9.30. The Morgan fingerprint density at radius 3 is 2.41 bits per heavy atom. The highest BCUT2D eigenvalue weighted by molar-refractivity contribution is 9.10. The lowest BCUT2D eigenvalue weighted by Gasteiger charge is -2.21. The van der Waals surface area contributed by atoms with Gasteiger partial charge in [-0.1, -0.05) is 59.7 Å². The van der Waals surface area contributed by atoms with Crippen LogP contribution in [0.3, 0.4) is 0 Å². The van der Waals surface area contributed by atoms with Crippen LogP contribution in [0.1, 0.15) is 64.1 Å². The number of thioether (sulfide) groups is 1. The third kappa shape index (κ3) is 6.13. The Labute approximate surface area is 202 Å². The molecule has 32 heavy (non-hydrogen) atoms. The van der Waals surface area contributed by atoms with Gasteiger partial charge < -0.3 is 14.6 Å². The number of carbonyl (C=O) groups excluding carboxylic acids is 1. The lowest BCUT2D eigenvalue weighted by molar-refractivity contribution is -0.113. The highest BCUT2D eigenvalue weighted by Crippen LogP contribution is 2.31. The average molecular weight is 517 g/mol. The van der Waals surface area contributed by atoms with Crippen molar-refractivity contribution >= 4 is 39.3 Å². The van der Waals surface area contributed by atoms with E-state index in [1.807, 2.05) is 54.0 Å². The second-order valence-electron chi connectivity index (χ2n) is 8.10. The number of benzene rings is 2. The molecule has 170 valence electrons. The topological polar surface area (TPSA) is 69.0 Å². The van der Waals surface area contributed by atoms with Crippen LogP contribution in [0.25, 0.3) is 0 Å². The molecule has 0 spiro atoms. The lowest BCUT2D eigenvalue weighted by Crippen LogP contribution is -2.17. The number of rotatable bonds is 9. The molecule has 0 radical (unpaired) electrons. The van der Waals surface area contributed by atoms with Gasteiger partial charge in [0.25, 0.3) is 0 Å². The van der Waals surface area contributed by atoms with Crippen molar-refractivity contribution in [2.45, 2.75) is 57.8 Å². The molecule has 2 aromatic carbocycles. The van der Waals surface area contributed by atoms with Crippen molar-refractivity contribution in [2.75, 3.05) is 11.1 Å². The number of hydrogen-bond donors (Lipinski definition) is 1. The zero-order valence-electron chi connectivity index (χ0n) is 19.0. The molecule has 1 amide bonds. The van der Waals surface area contributed by atoms with Gasteiger partial charge in [0.15, 0.2) is 17.1 Å². The number of aromatic nitrogens is 3. The predicted molar refractivity (Wildman–Crippen MR) is 133 cm³/mol. The van der Waals surface area contributed by atoms with E-state index in [-0.39, 0.29) is 23.8 Å². The van der Waals surface area contributed by atoms with Crippen LogP contribution >= 0.6 is 27.7 Å². The van der Waals surface area contributed by atoms with Gasteiger partial charge in [-0.15, -0.1) is 10.2 Å². The van der Waals surface area contributed by atoms with Crippen molar-refractivity contribution < 1.29 is 9.53 Å². The molecule has 0 bridgehead atoms. The van der Waals surface area contributed by atoms with Crippen molar-refractivity contribution in [1.29, 1.82) is 0 Å². The van der Waals surface area contributed by atoms with Crippen LogP contribution in [0.15, 0.2) is 58.2 Å². The lowest BCUT2D eigenvalue weighted by atomic mass is 10.0. The first kappa shape index (κ1) is 24.3. The van der Waals surface area contributed by atoms with Crippen molar-refractivity contribution in [3.8, 4) is 5.75 Å². The third-order valence-corrected chi connectivity index (χ3v) is 6.35. The molecule has 8 heteroatoms. The summed E-state index contributed by atoms with van der Waals surface area (Å²) in [6.07, 6.45) is -0.282. The van der Waals surface area contributed by atoms with Gasteiger partial charge in [-0.05, 0) is 62.6 Å². The van der Waals surface area contributed by atoms with E-state index >= 15 is 0 Å². The molecule has 1 unspecified atom stereocenters. The summed E-state index contributed by atoms with van der Waals surface area (Å²) in [6.45, 7) is 10.4. The summed E-state index contributed by atoms with van der Waals surface area (Å²) in [5.41, 5.74) is 1.92. The molecule has 6 nitrogen and oxygen atoms in total. The minimum atomic E-state index is -0.282. The maximum atomic E-state index is 12.4. The third-order valence-electron chi connectivity index (χ3n) is 4.88. The summed E-state index contributed by atoms with van der Waals surface area (Å²) in [4.78, 5) is 12.4. The Balaban J connectivity index is 1.71. The van der Waals surface area contributed by atoms with Crippen molar-refractivity contribution in [3.63, 3.8) is 0 Å². The van der Waals surface area contributed by atoms with Crippen LogP contribution in [0.4, 0.5) is 5.69 Å². The molecule has 1 heterocycles. The van der Waals surface area contributed by atoms with Crippen LogP contribution in [-0.2, 0) is 4.79 Å². The van der Waals surface area contributed by atoms with Gasteiger partial charge in [-0.2, -0.15) is 0 Å². The monoisotopic (exact) mass is 516 g/mol. The first-order valence-electron chi connectivity index (χ1n) is 10.6. The number of nitrogens with zero attached hydrogens (tertiary/aromatic N) is 3. The van der Waals surface area contributed by atoms with E-state index in [0.717, 1.165) is 27.3 Å². The first-order chi connectivity index (χ1) is 15.3. The number of ether oxygens (including phenoxy) is 1. The molecule has 1 atom stereocenters. The number of amides is 1. The normalized spacial score (nSPS) is 12.2. The fraction of sp³-hybridized carbons (Fsp3) is 0.375. The van der Waals surface area contributed by atoms with Gasteiger partial charge in [0.1, 0.15) is 5.75 Å². The van der Waals surface area contributed by atoms with E-state index < -0.39 is 0 Å². The fourth-order valence-corrected chi connectivity index (χ4v) is 4.46. The summed E-state index contributed by atoms with van der Waals surface area (Å²) in [6, 6.07) is 15.7. The molecule has 1 N–H and O–H groups in total. The Morgan fingerprint density at radius 2 is 1.75 bits per heavy atom. The van der Waals surface area contributed by atoms with E-state index in [1.165, 1.54) is 11.8 Å². The fourth-order valence-electron chi connectivity index (χ4n) is 3.32. The van der Waals surface area contributed by atoms with E-state index in [1.54, 1.807) is 0 Å². The number of para-hydroxylation sites is 1. The van der Waals surface area contributed by atoms with Crippen LogP contribution < -0.4 is 10.1 Å². The summed E-state index contributed by atoms with van der Waals surface area (Å²) in [5.74, 6) is 2.11. The molecular weight excluding hydrogens is 488 g/mol. The minimum absolute atomic E-state index is 0.0904. The molecular formula is C24H29BrN4O2S. The SMILES string of the molecule is CC(C)c1ccccc1OC(C)c1nnc(SCC(=O)Nc2ccc(Br)cc2)n1C(C)C. The highest BCUT2D eigenvalue weighted by atomic mass is 79.9. The second kappa shape index (κ2) is 11.0. The Kier molecular flexibility index (Phi) is 8.37. The van der Waals surface area contributed by atoms with Gasteiger partial charge in [0, 0.05) is 16.2 Å². The number of anilines is 1. The minimum Gasteiger partial charge on any atom is -0.482 e. The zero-order valence-corrected chi connectivity index (χ0v) is 21.4. The van der Waals surface area contributed by atoms with E-state index in [9.17, 15) is 4.79 Å². The molecule has 0 saturated carbocycles. The van der Waals surface area contributed by atoms with Gasteiger partial charge in [-0.3, -0.25) is 4.79 Å². The Bertz CT molecular complexity index is 1050. The van der Waals surface area contributed by atoms with Gasteiger partial charge in [0.05, 0.1) is 5.75 Å². The molecule has 0 aliphatic rings. The molecule has 0 saturated heterocycles. The molecule has 3 aromatic rings. The molecule has 0 fully saturated rings. The van der Waals surface area contributed by atoms with Crippen LogP contribution in [-0.4, -0.2) is 26.4 Å². The maximum Gasteiger partial charge on any atom is 0.234 e. The van der Waals surface area contributed by atoms with Gasteiger partial charge >= 0.3 is 0 Å². The number of carbonyl (C=O) groups is 1. The summed E-state index contributed by atoms with van der Waals surface area (Å²) in [5, 5.41) is 12.4. The van der Waals surface area contributed by atoms with Crippen LogP contribution in [0, 0.1) is 0 Å². The highest BCUT2D eigenvalue weighted by Gasteiger charge is 2.23. The zero-order chi connectivity index (χ0) is 23.3. The van der Waals surface area contributed by atoms with E-state index in [0.29, 0.717) is 11.1 Å². The molecule has 0 aliphatic carbocycles. The molecule has 3 rings (SSSR count).